The molecule has 2 amide bonds. The first-order chi connectivity index (χ1) is 13.3. The third kappa shape index (κ3) is 5.15. The van der Waals surface area contributed by atoms with E-state index >= 15 is 0 Å². The van der Waals surface area contributed by atoms with Crippen molar-refractivity contribution < 1.29 is 22.8 Å². The van der Waals surface area contributed by atoms with Gasteiger partial charge in [0, 0.05) is 37.6 Å². The Bertz CT molecular complexity index is 801. The smallest absolute Gasteiger partial charge is 0.367 e. The molecule has 1 atom stereocenters. The van der Waals surface area contributed by atoms with Gasteiger partial charge in [0.2, 0.25) is 5.91 Å². The second-order valence-corrected chi connectivity index (χ2v) is 7.02. The number of hydrogen-bond donors (Lipinski definition) is 2. The number of amides is 2. The summed E-state index contributed by atoms with van der Waals surface area (Å²) in [5.74, 6) is -0.0241. The van der Waals surface area contributed by atoms with Crippen LogP contribution >= 0.6 is 0 Å². The number of nitrogens with zero attached hydrogens (tertiary/aromatic N) is 1. The molecule has 5 nitrogen and oxygen atoms in total. The summed E-state index contributed by atoms with van der Waals surface area (Å²) < 4.78 is 37.7. The number of carbonyl (C=O) groups is 2. The van der Waals surface area contributed by atoms with E-state index in [1.54, 1.807) is 18.5 Å². The zero-order valence-electron chi connectivity index (χ0n) is 15.3. The molecule has 1 aliphatic heterocycles. The number of aromatic amines is 1. The fourth-order valence-electron chi connectivity index (χ4n) is 3.43. The predicted octanol–water partition coefficient (Wildman–Crippen LogP) is 4.30. The normalized spacial score (nSPS) is 17.4. The lowest BCUT2D eigenvalue weighted by atomic mass is 9.93. The maximum Gasteiger partial charge on any atom is 0.416 e. The number of aromatic nitrogens is 1. The van der Waals surface area contributed by atoms with E-state index in [2.05, 4.69) is 10.3 Å². The van der Waals surface area contributed by atoms with Crippen molar-refractivity contribution in [3.05, 3.63) is 53.9 Å². The Morgan fingerprint density at radius 2 is 1.93 bits per heavy atom. The number of halogens is 3. The highest BCUT2D eigenvalue weighted by molar-refractivity contribution is 5.94. The fraction of sp³-hybridized carbons (Fsp3) is 0.400. The summed E-state index contributed by atoms with van der Waals surface area (Å²) in [6, 6.07) is 6.13. The quantitative estimate of drug-likeness (QED) is 0.795. The largest absolute Gasteiger partial charge is 0.416 e. The minimum absolute atomic E-state index is 0.0137. The predicted molar refractivity (Wildman–Crippen MR) is 98.7 cm³/mol. The van der Waals surface area contributed by atoms with Crippen LogP contribution in [0.3, 0.4) is 0 Å². The highest BCUT2D eigenvalue weighted by Crippen LogP contribution is 2.30. The SMILES string of the molecule is O=C(CC[C@H]1CCCN(C(=O)c2cc[nH]c2)C1)Nc1ccc(C(F)(F)F)cc1. The summed E-state index contributed by atoms with van der Waals surface area (Å²) in [5.41, 5.74) is 0.214. The van der Waals surface area contributed by atoms with Crippen LogP contribution in [0.2, 0.25) is 0 Å². The lowest BCUT2D eigenvalue weighted by molar-refractivity contribution is -0.137. The van der Waals surface area contributed by atoms with Crippen molar-refractivity contribution in [2.45, 2.75) is 31.9 Å². The molecule has 1 fully saturated rings. The van der Waals surface area contributed by atoms with Crippen LogP contribution in [0, 0.1) is 5.92 Å². The van der Waals surface area contributed by atoms with E-state index in [9.17, 15) is 22.8 Å². The fourth-order valence-corrected chi connectivity index (χ4v) is 3.43. The Kier molecular flexibility index (Phi) is 6.06. The average Bonchev–Trinajstić information content (AvgIpc) is 3.20. The topological polar surface area (TPSA) is 65.2 Å². The van der Waals surface area contributed by atoms with Crippen molar-refractivity contribution in [3.8, 4) is 0 Å². The van der Waals surface area contributed by atoms with E-state index < -0.39 is 11.7 Å². The van der Waals surface area contributed by atoms with E-state index in [1.165, 1.54) is 12.1 Å². The molecule has 1 aromatic heterocycles. The molecule has 1 aliphatic rings. The number of anilines is 1. The Hall–Kier alpha value is -2.77. The van der Waals surface area contributed by atoms with Gasteiger partial charge in [-0.25, -0.2) is 0 Å². The van der Waals surface area contributed by atoms with Crippen LogP contribution < -0.4 is 5.32 Å². The molecule has 0 spiro atoms. The molecule has 1 aromatic carbocycles. The number of nitrogens with one attached hydrogen (secondary N) is 2. The highest BCUT2D eigenvalue weighted by atomic mass is 19.4. The molecule has 2 aromatic rings. The van der Waals surface area contributed by atoms with Crippen molar-refractivity contribution >= 4 is 17.5 Å². The van der Waals surface area contributed by atoms with Gasteiger partial charge in [-0.3, -0.25) is 9.59 Å². The molecule has 8 heteroatoms. The van der Waals surface area contributed by atoms with Gasteiger partial charge in [0.1, 0.15) is 0 Å². The Balaban J connectivity index is 1.47. The van der Waals surface area contributed by atoms with Crippen LogP contribution in [0.25, 0.3) is 0 Å². The van der Waals surface area contributed by atoms with Crippen molar-refractivity contribution in [1.29, 1.82) is 0 Å². The van der Waals surface area contributed by atoms with E-state index in [0.29, 0.717) is 30.8 Å². The molecule has 0 aliphatic carbocycles. The molecule has 1 saturated heterocycles. The number of rotatable bonds is 5. The average molecular weight is 393 g/mol. The number of alkyl halides is 3. The first-order valence-corrected chi connectivity index (χ1v) is 9.22. The number of benzene rings is 1. The first kappa shape index (κ1) is 20.0. The third-order valence-electron chi connectivity index (χ3n) is 4.93. The van der Waals surface area contributed by atoms with Gasteiger partial charge in [0.05, 0.1) is 11.1 Å². The van der Waals surface area contributed by atoms with Gasteiger partial charge >= 0.3 is 6.18 Å². The summed E-state index contributed by atoms with van der Waals surface area (Å²) in [6.45, 7) is 1.32. The van der Waals surface area contributed by atoms with Crippen molar-refractivity contribution in [2.75, 3.05) is 18.4 Å². The van der Waals surface area contributed by atoms with Gasteiger partial charge in [-0.2, -0.15) is 13.2 Å². The number of H-pyrrole nitrogens is 1. The van der Waals surface area contributed by atoms with Crippen molar-refractivity contribution in [3.63, 3.8) is 0 Å². The van der Waals surface area contributed by atoms with E-state index in [4.69, 9.17) is 0 Å². The van der Waals surface area contributed by atoms with Crippen molar-refractivity contribution in [2.24, 2.45) is 5.92 Å². The molecule has 2 N–H and O–H groups in total. The molecule has 0 bridgehead atoms. The second kappa shape index (κ2) is 8.50. The maximum absolute atomic E-state index is 12.6. The zero-order chi connectivity index (χ0) is 20.1. The first-order valence-electron chi connectivity index (χ1n) is 9.22. The van der Waals surface area contributed by atoms with Gasteiger partial charge in [0.25, 0.3) is 5.91 Å². The minimum atomic E-state index is -4.40. The maximum atomic E-state index is 12.6. The number of hydrogen-bond acceptors (Lipinski definition) is 2. The summed E-state index contributed by atoms with van der Waals surface area (Å²) in [4.78, 5) is 29.2. The van der Waals surface area contributed by atoms with Crippen LogP contribution in [-0.2, 0) is 11.0 Å². The molecule has 0 radical (unpaired) electrons. The summed E-state index contributed by atoms with van der Waals surface area (Å²) in [5, 5.41) is 2.63. The van der Waals surface area contributed by atoms with Gasteiger partial charge in [-0.05, 0) is 55.5 Å². The van der Waals surface area contributed by atoms with Gasteiger partial charge < -0.3 is 15.2 Å². The van der Waals surface area contributed by atoms with Gasteiger partial charge in [0.15, 0.2) is 0 Å². The van der Waals surface area contributed by atoms with Crippen LogP contribution in [-0.4, -0.2) is 34.8 Å². The van der Waals surface area contributed by atoms with Crippen LogP contribution in [0.4, 0.5) is 18.9 Å². The van der Waals surface area contributed by atoms with Gasteiger partial charge in [-0.15, -0.1) is 0 Å². The second-order valence-electron chi connectivity index (χ2n) is 7.02. The summed E-state index contributed by atoms with van der Waals surface area (Å²) >= 11 is 0. The molecule has 0 saturated carbocycles. The molecule has 28 heavy (non-hydrogen) atoms. The van der Waals surface area contributed by atoms with E-state index in [1.807, 2.05) is 4.90 Å². The Morgan fingerprint density at radius 1 is 1.18 bits per heavy atom. The molecular weight excluding hydrogens is 371 g/mol. The highest BCUT2D eigenvalue weighted by Gasteiger charge is 2.30. The van der Waals surface area contributed by atoms with E-state index in [-0.39, 0.29) is 24.2 Å². The lowest BCUT2D eigenvalue weighted by Crippen LogP contribution is -2.40. The van der Waals surface area contributed by atoms with Crippen LogP contribution in [0.15, 0.2) is 42.7 Å². The minimum Gasteiger partial charge on any atom is -0.367 e. The van der Waals surface area contributed by atoms with Gasteiger partial charge in [-0.1, -0.05) is 0 Å². The molecule has 0 unspecified atom stereocenters. The zero-order valence-corrected chi connectivity index (χ0v) is 15.3. The lowest BCUT2D eigenvalue weighted by Gasteiger charge is -2.32. The number of piperidine rings is 1. The standard InChI is InChI=1S/C20H22F3N3O2/c21-20(22,23)16-4-6-17(7-5-16)25-18(27)8-3-14-2-1-11-26(13-14)19(28)15-9-10-24-12-15/h4-7,9-10,12,14,24H,1-3,8,11,13H2,(H,25,27)/t14-/m1/s1. The third-order valence-corrected chi connectivity index (χ3v) is 4.93. The summed E-state index contributed by atoms with van der Waals surface area (Å²) in [6.07, 6.45) is 1.71. The molecular formula is C20H22F3N3O2. The number of carbonyl (C=O) groups excluding carboxylic acids is 2. The molecule has 150 valence electrons. The molecule has 3 rings (SSSR count). The number of likely N-dealkylation sites (tertiary alicyclic amines) is 1. The van der Waals surface area contributed by atoms with Crippen molar-refractivity contribution in [1.82, 2.24) is 9.88 Å². The Morgan fingerprint density at radius 3 is 2.57 bits per heavy atom. The van der Waals surface area contributed by atoms with E-state index in [0.717, 1.165) is 25.0 Å². The van der Waals surface area contributed by atoms with Crippen LogP contribution in [0.1, 0.15) is 41.6 Å². The molecule has 2 heterocycles. The summed E-state index contributed by atoms with van der Waals surface area (Å²) in [7, 11) is 0. The Labute approximate surface area is 160 Å². The monoisotopic (exact) mass is 393 g/mol. The van der Waals surface area contributed by atoms with Crippen LogP contribution in [0.5, 0.6) is 0 Å².